The van der Waals surface area contributed by atoms with E-state index in [9.17, 15) is 4.79 Å². The van der Waals surface area contributed by atoms with Crippen LogP contribution in [0.5, 0.6) is 0 Å². The van der Waals surface area contributed by atoms with Gasteiger partial charge in [-0.05, 0) is 29.3 Å². The summed E-state index contributed by atoms with van der Waals surface area (Å²) in [5.74, 6) is 0.520. The van der Waals surface area contributed by atoms with Crippen LogP contribution in [0.15, 0.2) is 94.6 Å². The maximum absolute atomic E-state index is 13.0. The average Bonchev–Trinajstić information content (AvgIpc) is 3.28. The van der Waals surface area contributed by atoms with E-state index in [4.69, 9.17) is 16.0 Å². The third-order valence-corrected chi connectivity index (χ3v) is 5.85. The van der Waals surface area contributed by atoms with E-state index < -0.39 is 0 Å². The number of carbonyl (C=O) groups excluding carboxylic acids is 1. The molecule has 0 atom stereocenters. The van der Waals surface area contributed by atoms with Crippen LogP contribution in [0.2, 0.25) is 5.02 Å². The van der Waals surface area contributed by atoms with Crippen molar-refractivity contribution >= 4 is 29.3 Å². The van der Waals surface area contributed by atoms with Gasteiger partial charge >= 0.3 is 0 Å². The summed E-state index contributed by atoms with van der Waals surface area (Å²) >= 11 is 7.24. The van der Waals surface area contributed by atoms with Crippen molar-refractivity contribution in [3.8, 4) is 11.5 Å². The number of thioether (sulfide) groups is 1. The Hall–Kier alpha value is -3.09. The Kier molecular flexibility index (Phi) is 6.70. The number of rotatable bonds is 7. The lowest BCUT2D eigenvalue weighted by Gasteiger charge is -2.29. The van der Waals surface area contributed by atoms with Crippen molar-refractivity contribution in [3.63, 3.8) is 0 Å². The molecule has 156 valence electrons. The fourth-order valence-electron chi connectivity index (χ4n) is 3.29. The van der Waals surface area contributed by atoms with Crippen LogP contribution in [0.25, 0.3) is 11.5 Å². The number of amides is 1. The second-order valence-corrected chi connectivity index (χ2v) is 8.26. The zero-order chi connectivity index (χ0) is 21.6. The highest BCUT2D eigenvalue weighted by Crippen LogP contribution is 2.29. The maximum Gasteiger partial charge on any atom is 0.277 e. The second kappa shape index (κ2) is 9.81. The van der Waals surface area contributed by atoms with Crippen LogP contribution in [0.3, 0.4) is 0 Å². The number of hydrogen-bond acceptors (Lipinski definition) is 5. The van der Waals surface area contributed by atoms with Crippen LogP contribution >= 0.6 is 23.4 Å². The number of carbonyl (C=O) groups is 1. The van der Waals surface area contributed by atoms with E-state index in [0.717, 1.165) is 16.7 Å². The van der Waals surface area contributed by atoms with E-state index in [1.54, 1.807) is 17.0 Å². The SMILES string of the molecule is CN(C(=O)CSc1nnc(-c2cccc(Cl)c2)o1)C(c1ccccc1)c1ccccc1. The van der Waals surface area contributed by atoms with Gasteiger partial charge in [-0.25, -0.2) is 0 Å². The van der Waals surface area contributed by atoms with E-state index in [2.05, 4.69) is 10.2 Å². The molecule has 7 heteroatoms. The van der Waals surface area contributed by atoms with Gasteiger partial charge in [0.1, 0.15) is 0 Å². The number of aromatic nitrogens is 2. The van der Waals surface area contributed by atoms with Gasteiger partial charge in [0.25, 0.3) is 5.22 Å². The fraction of sp³-hybridized carbons (Fsp3) is 0.125. The number of halogens is 1. The maximum atomic E-state index is 13.0. The first kappa shape index (κ1) is 21.2. The molecule has 4 aromatic rings. The Balaban J connectivity index is 1.47. The first-order valence-corrected chi connectivity index (χ1v) is 11.1. The smallest absolute Gasteiger partial charge is 0.277 e. The van der Waals surface area contributed by atoms with Crippen molar-refractivity contribution in [3.05, 3.63) is 101 Å². The summed E-state index contributed by atoms with van der Waals surface area (Å²) in [5.41, 5.74) is 2.84. The molecular formula is C24H20ClN3O2S. The first-order valence-electron chi connectivity index (χ1n) is 9.69. The monoisotopic (exact) mass is 449 g/mol. The summed E-state index contributed by atoms with van der Waals surface area (Å²) in [6.45, 7) is 0. The molecule has 1 amide bonds. The summed E-state index contributed by atoms with van der Waals surface area (Å²) < 4.78 is 5.70. The molecule has 0 saturated carbocycles. The Morgan fingerprint density at radius 2 is 1.61 bits per heavy atom. The van der Waals surface area contributed by atoms with Crippen LogP contribution < -0.4 is 0 Å². The molecule has 0 N–H and O–H groups in total. The second-order valence-electron chi connectivity index (χ2n) is 6.90. The number of benzene rings is 3. The molecule has 1 heterocycles. The Labute approximate surface area is 190 Å². The number of hydrogen-bond donors (Lipinski definition) is 0. The molecule has 4 rings (SSSR count). The molecule has 0 bridgehead atoms. The van der Waals surface area contributed by atoms with Gasteiger partial charge in [0.2, 0.25) is 11.8 Å². The highest BCUT2D eigenvalue weighted by molar-refractivity contribution is 7.99. The zero-order valence-corrected chi connectivity index (χ0v) is 18.4. The van der Waals surface area contributed by atoms with E-state index in [1.807, 2.05) is 79.8 Å². The molecule has 31 heavy (non-hydrogen) atoms. The van der Waals surface area contributed by atoms with Crippen LogP contribution in [0.4, 0.5) is 0 Å². The summed E-state index contributed by atoms with van der Waals surface area (Å²) in [4.78, 5) is 14.8. The van der Waals surface area contributed by atoms with E-state index >= 15 is 0 Å². The van der Waals surface area contributed by atoms with Gasteiger partial charge in [-0.2, -0.15) is 0 Å². The molecule has 0 radical (unpaired) electrons. The van der Waals surface area contributed by atoms with Crippen molar-refractivity contribution in [1.82, 2.24) is 15.1 Å². The molecule has 0 spiro atoms. The summed E-state index contributed by atoms with van der Waals surface area (Å²) in [5, 5.41) is 9.04. The third kappa shape index (κ3) is 5.16. The van der Waals surface area contributed by atoms with Crippen molar-refractivity contribution < 1.29 is 9.21 Å². The highest BCUT2D eigenvalue weighted by atomic mass is 35.5. The fourth-order valence-corrected chi connectivity index (χ4v) is 4.16. The van der Waals surface area contributed by atoms with Crippen molar-refractivity contribution in [2.75, 3.05) is 12.8 Å². The molecular weight excluding hydrogens is 430 g/mol. The summed E-state index contributed by atoms with van der Waals surface area (Å²) in [7, 11) is 1.82. The largest absolute Gasteiger partial charge is 0.411 e. The predicted octanol–water partition coefficient (Wildman–Crippen LogP) is 5.73. The average molecular weight is 450 g/mol. The van der Waals surface area contributed by atoms with Crippen molar-refractivity contribution in [2.24, 2.45) is 0 Å². The normalized spacial score (nSPS) is 10.9. The standard InChI is InChI=1S/C24H20ClN3O2S/c1-28(22(17-9-4-2-5-10-17)18-11-6-3-7-12-18)21(29)16-31-24-27-26-23(30-24)19-13-8-14-20(25)15-19/h2-15,22H,16H2,1H3. The molecule has 0 aliphatic rings. The minimum absolute atomic E-state index is 0.0368. The summed E-state index contributed by atoms with van der Waals surface area (Å²) in [6, 6.07) is 27.0. The molecule has 3 aromatic carbocycles. The highest BCUT2D eigenvalue weighted by Gasteiger charge is 2.24. The lowest BCUT2D eigenvalue weighted by molar-refractivity contribution is -0.128. The quantitative estimate of drug-likeness (QED) is 0.337. The van der Waals surface area contributed by atoms with E-state index in [-0.39, 0.29) is 17.7 Å². The lowest BCUT2D eigenvalue weighted by atomic mass is 9.97. The zero-order valence-electron chi connectivity index (χ0n) is 16.8. The van der Waals surface area contributed by atoms with Crippen molar-refractivity contribution in [2.45, 2.75) is 11.3 Å². The molecule has 1 aromatic heterocycles. The van der Waals surface area contributed by atoms with Gasteiger partial charge in [-0.1, -0.05) is 90.1 Å². The van der Waals surface area contributed by atoms with Gasteiger partial charge in [0.15, 0.2) is 0 Å². The predicted molar refractivity (Wildman–Crippen MR) is 123 cm³/mol. The Bertz CT molecular complexity index is 1110. The molecule has 0 saturated heterocycles. The van der Waals surface area contributed by atoms with Crippen LogP contribution in [0, 0.1) is 0 Å². The topological polar surface area (TPSA) is 59.2 Å². The minimum atomic E-state index is -0.180. The van der Waals surface area contributed by atoms with Crippen LogP contribution in [-0.4, -0.2) is 33.8 Å². The van der Waals surface area contributed by atoms with Gasteiger partial charge in [-0.15, -0.1) is 10.2 Å². The lowest BCUT2D eigenvalue weighted by Crippen LogP contribution is -2.33. The van der Waals surface area contributed by atoms with Gasteiger partial charge in [-0.3, -0.25) is 4.79 Å². The van der Waals surface area contributed by atoms with Crippen LogP contribution in [0.1, 0.15) is 17.2 Å². The molecule has 0 fully saturated rings. The Morgan fingerprint density at radius 3 is 2.23 bits per heavy atom. The van der Waals surface area contributed by atoms with Gasteiger partial charge in [0.05, 0.1) is 11.8 Å². The molecule has 0 unspecified atom stereocenters. The first-order chi connectivity index (χ1) is 15.1. The Morgan fingerprint density at radius 1 is 0.968 bits per heavy atom. The number of nitrogens with zero attached hydrogens (tertiary/aromatic N) is 3. The molecule has 5 nitrogen and oxygen atoms in total. The van der Waals surface area contributed by atoms with Gasteiger partial charge < -0.3 is 9.32 Å². The summed E-state index contributed by atoms with van der Waals surface area (Å²) in [6.07, 6.45) is 0. The molecule has 0 aliphatic heterocycles. The minimum Gasteiger partial charge on any atom is -0.411 e. The van der Waals surface area contributed by atoms with E-state index in [0.29, 0.717) is 16.1 Å². The van der Waals surface area contributed by atoms with Crippen LogP contribution in [-0.2, 0) is 4.79 Å². The van der Waals surface area contributed by atoms with E-state index in [1.165, 1.54) is 11.8 Å². The molecule has 0 aliphatic carbocycles. The third-order valence-electron chi connectivity index (χ3n) is 4.81. The van der Waals surface area contributed by atoms with Crippen molar-refractivity contribution in [1.29, 1.82) is 0 Å². The van der Waals surface area contributed by atoms with Gasteiger partial charge in [0, 0.05) is 17.6 Å².